The Labute approximate surface area is 211 Å². The quantitative estimate of drug-likeness (QED) is 0.328. The van der Waals surface area contributed by atoms with Crippen LogP contribution in [0.15, 0.2) is 30.3 Å². The number of phenolic OH excluding ortho intramolecular Hbond substituents is 1. The Hall–Kier alpha value is -3.52. The number of phenols is 1. The zero-order chi connectivity index (χ0) is 25.8. The summed E-state index contributed by atoms with van der Waals surface area (Å²) in [5, 5.41) is 27.7. The van der Waals surface area contributed by atoms with Crippen molar-refractivity contribution >= 4 is 5.91 Å². The maximum atomic E-state index is 13.5. The molecule has 1 aliphatic rings. The first-order chi connectivity index (χ1) is 17.4. The number of aromatic nitrogens is 2. The van der Waals surface area contributed by atoms with Crippen molar-refractivity contribution < 1.29 is 24.5 Å². The lowest BCUT2D eigenvalue weighted by molar-refractivity contribution is 0.0732. The number of benzene rings is 2. The number of hydrogen-bond donors (Lipinski definition) is 3. The molecule has 2 aromatic carbocycles. The largest absolute Gasteiger partial charge is 0.507 e. The molecule has 1 unspecified atom stereocenters. The third-order valence-electron chi connectivity index (χ3n) is 6.46. The molecule has 192 valence electrons. The monoisotopic (exact) mass is 493 g/mol. The molecule has 0 bridgehead atoms. The molecule has 8 heteroatoms. The van der Waals surface area contributed by atoms with E-state index in [-0.39, 0.29) is 18.3 Å². The molecule has 1 aromatic heterocycles. The average Bonchev–Trinajstić information content (AvgIpc) is 3.37. The summed E-state index contributed by atoms with van der Waals surface area (Å²) in [6, 6.07) is 8.98. The number of unbranched alkanes of at least 4 members (excludes halogenated alkanes) is 1. The number of amides is 1. The van der Waals surface area contributed by atoms with Crippen molar-refractivity contribution in [2.45, 2.75) is 53.0 Å². The van der Waals surface area contributed by atoms with Crippen LogP contribution in [0.1, 0.15) is 71.9 Å². The third-order valence-corrected chi connectivity index (χ3v) is 6.46. The van der Waals surface area contributed by atoms with E-state index in [9.17, 15) is 15.0 Å². The van der Waals surface area contributed by atoms with Crippen LogP contribution < -0.4 is 9.47 Å². The molecule has 0 fully saturated rings. The highest BCUT2D eigenvalue weighted by atomic mass is 16.5. The van der Waals surface area contributed by atoms with Crippen LogP contribution in [-0.4, -0.2) is 57.6 Å². The van der Waals surface area contributed by atoms with E-state index in [1.807, 2.05) is 45.0 Å². The number of rotatable bonds is 11. The van der Waals surface area contributed by atoms with Gasteiger partial charge in [0, 0.05) is 24.3 Å². The fourth-order valence-corrected chi connectivity index (χ4v) is 4.87. The summed E-state index contributed by atoms with van der Waals surface area (Å²) in [7, 11) is 0. The van der Waals surface area contributed by atoms with Crippen LogP contribution in [0, 0.1) is 13.8 Å². The van der Waals surface area contributed by atoms with Crippen molar-refractivity contribution in [1.29, 1.82) is 0 Å². The van der Waals surface area contributed by atoms with Gasteiger partial charge in [-0.1, -0.05) is 25.5 Å². The number of aliphatic hydroxyl groups is 1. The summed E-state index contributed by atoms with van der Waals surface area (Å²) in [4.78, 5) is 15.2. The molecule has 2 heterocycles. The van der Waals surface area contributed by atoms with Gasteiger partial charge in [-0.05, 0) is 68.5 Å². The van der Waals surface area contributed by atoms with E-state index in [0.717, 1.165) is 29.5 Å². The van der Waals surface area contributed by atoms with Crippen molar-refractivity contribution in [2.24, 2.45) is 0 Å². The second kappa shape index (κ2) is 11.0. The van der Waals surface area contributed by atoms with Gasteiger partial charge in [0.1, 0.15) is 17.1 Å². The lowest BCUT2D eigenvalue weighted by atomic mass is 9.93. The second-order valence-electron chi connectivity index (χ2n) is 9.16. The van der Waals surface area contributed by atoms with E-state index in [1.165, 1.54) is 0 Å². The summed E-state index contributed by atoms with van der Waals surface area (Å²) in [5.74, 6) is 1.22. The minimum absolute atomic E-state index is 0.0260. The number of nitrogens with one attached hydrogen (secondary N) is 1. The van der Waals surface area contributed by atoms with Crippen LogP contribution in [0.2, 0.25) is 0 Å². The highest BCUT2D eigenvalue weighted by Crippen LogP contribution is 2.46. The zero-order valence-corrected chi connectivity index (χ0v) is 21.4. The Morgan fingerprint density at radius 2 is 1.89 bits per heavy atom. The number of fused-ring (bicyclic) bond motifs is 1. The number of nitrogens with zero attached hydrogens (tertiary/aromatic N) is 2. The van der Waals surface area contributed by atoms with Gasteiger partial charge >= 0.3 is 0 Å². The van der Waals surface area contributed by atoms with Crippen molar-refractivity contribution in [3.8, 4) is 28.5 Å². The summed E-state index contributed by atoms with van der Waals surface area (Å²) in [6.07, 6.45) is 2.42. The standard InChI is InChI=1S/C28H35N3O5/c1-5-7-13-36-21-10-9-19(16-22(21)35-6-2)27-24-25(23-18(4)14-17(3)15-20(23)33)29-30-26(24)28(34)31(27)11-8-12-32/h9-10,14-16,27,32-33H,5-8,11-13H2,1-4H3,(H,29,30). The molecule has 0 radical (unpaired) electrons. The molecule has 36 heavy (non-hydrogen) atoms. The predicted molar refractivity (Wildman–Crippen MR) is 138 cm³/mol. The van der Waals surface area contributed by atoms with Crippen LogP contribution in [0.5, 0.6) is 17.2 Å². The minimum Gasteiger partial charge on any atom is -0.507 e. The van der Waals surface area contributed by atoms with E-state index in [4.69, 9.17) is 9.47 Å². The van der Waals surface area contributed by atoms with Gasteiger partial charge in [0.05, 0.1) is 19.3 Å². The van der Waals surface area contributed by atoms with Crippen LogP contribution in [0.4, 0.5) is 0 Å². The third kappa shape index (κ3) is 4.78. The maximum absolute atomic E-state index is 13.5. The smallest absolute Gasteiger partial charge is 0.273 e. The molecule has 0 aliphatic carbocycles. The zero-order valence-electron chi connectivity index (χ0n) is 21.4. The molecule has 3 N–H and O–H groups in total. The molecule has 0 saturated heterocycles. The van der Waals surface area contributed by atoms with Gasteiger partial charge in [-0.3, -0.25) is 9.89 Å². The second-order valence-corrected chi connectivity index (χ2v) is 9.16. The highest BCUT2D eigenvalue weighted by Gasteiger charge is 2.42. The minimum atomic E-state index is -0.461. The van der Waals surface area contributed by atoms with Gasteiger partial charge in [-0.25, -0.2) is 0 Å². The molecular weight excluding hydrogens is 458 g/mol. The van der Waals surface area contributed by atoms with E-state index in [2.05, 4.69) is 17.1 Å². The van der Waals surface area contributed by atoms with E-state index >= 15 is 0 Å². The molecule has 0 spiro atoms. The number of aromatic hydroxyl groups is 1. The van der Waals surface area contributed by atoms with Gasteiger partial charge in [0.2, 0.25) is 0 Å². The number of ether oxygens (including phenoxy) is 2. The predicted octanol–water partition coefficient (Wildman–Crippen LogP) is 4.90. The van der Waals surface area contributed by atoms with Gasteiger partial charge < -0.3 is 24.6 Å². The summed E-state index contributed by atoms with van der Waals surface area (Å²) in [6.45, 7) is 9.31. The first-order valence-electron chi connectivity index (χ1n) is 12.6. The Morgan fingerprint density at radius 1 is 1.08 bits per heavy atom. The molecule has 3 aromatic rings. The molecule has 1 amide bonds. The Bertz CT molecular complexity index is 1210. The average molecular weight is 494 g/mol. The SMILES string of the molecule is CCCCOc1ccc(C2c3c(-c4c(C)cc(C)cc4O)n[nH]c3C(=O)N2CCCO)cc1OCC. The Balaban J connectivity index is 1.85. The Kier molecular flexibility index (Phi) is 7.84. The number of hydrogen-bond acceptors (Lipinski definition) is 6. The number of aryl methyl sites for hydroxylation is 2. The number of carbonyl (C=O) groups is 1. The summed E-state index contributed by atoms with van der Waals surface area (Å²) < 4.78 is 11.9. The van der Waals surface area contributed by atoms with Gasteiger partial charge in [-0.2, -0.15) is 5.10 Å². The first kappa shape index (κ1) is 25.6. The fourth-order valence-electron chi connectivity index (χ4n) is 4.87. The molecular formula is C28H35N3O5. The Morgan fingerprint density at radius 3 is 2.58 bits per heavy atom. The lowest BCUT2D eigenvalue weighted by Gasteiger charge is -2.27. The van der Waals surface area contributed by atoms with E-state index in [0.29, 0.717) is 60.2 Å². The topological polar surface area (TPSA) is 108 Å². The van der Waals surface area contributed by atoms with Crippen LogP contribution in [0.25, 0.3) is 11.3 Å². The van der Waals surface area contributed by atoms with Crippen molar-refractivity contribution in [1.82, 2.24) is 15.1 Å². The van der Waals surface area contributed by atoms with Crippen molar-refractivity contribution in [2.75, 3.05) is 26.4 Å². The number of aliphatic hydroxyl groups excluding tert-OH is 1. The van der Waals surface area contributed by atoms with Crippen LogP contribution in [0.3, 0.4) is 0 Å². The van der Waals surface area contributed by atoms with Gasteiger partial charge in [-0.15, -0.1) is 0 Å². The van der Waals surface area contributed by atoms with Gasteiger partial charge in [0.25, 0.3) is 5.91 Å². The molecule has 8 nitrogen and oxygen atoms in total. The highest BCUT2D eigenvalue weighted by molar-refractivity contribution is 6.00. The molecule has 1 aliphatic heterocycles. The van der Waals surface area contributed by atoms with E-state index < -0.39 is 6.04 Å². The first-order valence-corrected chi connectivity index (χ1v) is 12.6. The van der Waals surface area contributed by atoms with Crippen molar-refractivity contribution in [3.05, 3.63) is 58.3 Å². The molecule has 0 saturated carbocycles. The fraction of sp³-hybridized carbons (Fsp3) is 0.429. The lowest BCUT2D eigenvalue weighted by Crippen LogP contribution is -2.31. The number of aromatic amines is 1. The van der Waals surface area contributed by atoms with Crippen LogP contribution in [-0.2, 0) is 0 Å². The normalized spacial score (nSPS) is 14.9. The number of carbonyl (C=O) groups excluding carboxylic acids is 1. The maximum Gasteiger partial charge on any atom is 0.273 e. The van der Waals surface area contributed by atoms with Crippen LogP contribution >= 0.6 is 0 Å². The van der Waals surface area contributed by atoms with E-state index in [1.54, 1.807) is 11.0 Å². The molecule has 4 rings (SSSR count). The van der Waals surface area contributed by atoms with Crippen molar-refractivity contribution in [3.63, 3.8) is 0 Å². The number of H-pyrrole nitrogens is 1. The molecule has 1 atom stereocenters. The van der Waals surface area contributed by atoms with Gasteiger partial charge in [0.15, 0.2) is 11.5 Å². The summed E-state index contributed by atoms with van der Waals surface area (Å²) in [5.41, 5.74) is 4.92. The summed E-state index contributed by atoms with van der Waals surface area (Å²) >= 11 is 0.